The fourth-order valence-electron chi connectivity index (χ4n) is 1.69. The molecule has 0 atom stereocenters. The zero-order chi connectivity index (χ0) is 14.2. The Morgan fingerprint density at radius 2 is 1.45 bits per heavy atom. The predicted octanol–water partition coefficient (Wildman–Crippen LogP) is 2.99. The minimum atomic E-state index is 0.734. The number of nitrogens with zero attached hydrogens (tertiary/aromatic N) is 2. The van der Waals surface area contributed by atoms with Gasteiger partial charge in [-0.2, -0.15) is 0 Å². The monoisotopic (exact) mass is 264 g/mol. The SMILES string of the molecule is Nc1ccc(N)c(-c2ccccc2)c1.c1cncnc1. The van der Waals surface area contributed by atoms with E-state index in [1.807, 2.05) is 48.5 Å². The van der Waals surface area contributed by atoms with Crippen LogP contribution < -0.4 is 11.5 Å². The molecule has 1 heterocycles. The van der Waals surface area contributed by atoms with Crippen molar-refractivity contribution in [2.75, 3.05) is 11.5 Å². The van der Waals surface area contributed by atoms with Gasteiger partial charge >= 0.3 is 0 Å². The summed E-state index contributed by atoms with van der Waals surface area (Å²) >= 11 is 0. The summed E-state index contributed by atoms with van der Waals surface area (Å²) in [6.45, 7) is 0. The summed E-state index contributed by atoms with van der Waals surface area (Å²) in [5.41, 5.74) is 15.2. The third-order valence-corrected chi connectivity index (χ3v) is 2.64. The molecule has 3 rings (SSSR count). The van der Waals surface area contributed by atoms with Gasteiger partial charge in [0.25, 0.3) is 0 Å². The van der Waals surface area contributed by atoms with Crippen LogP contribution >= 0.6 is 0 Å². The highest BCUT2D eigenvalue weighted by Crippen LogP contribution is 2.27. The molecule has 4 N–H and O–H groups in total. The van der Waals surface area contributed by atoms with E-state index in [1.165, 1.54) is 6.33 Å². The Morgan fingerprint density at radius 1 is 0.750 bits per heavy atom. The zero-order valence-corrected chi connectivity index (χ0v) is 11.0. The molecule has 0 spiro atoms. The van der Waals surface area contributed by atoms with Gasteiger partial charge in [0.15, 0.2) is 0 Å². The van der Waals surface area contributed by atoms with Crippen LogP contribution in [-0.2, 0) is 0 Å². The number of rotatable bonds is 1. The lowest BCUT2D eigenvalue weighted by Gasteiger charge is -2.06. The first-order valence-corrected chi connectivity index (χ1v) is 6.18. The number of anilines is 2. The minimum Gasteiger partial charge on any atom is -0.399 e. The number of nitrogens with two attached hydrogens (primary N) is 2. The molecule has 0 aliphatic carbocycles. The third-order valence-electron chi connectivity index (χ3n) is 2.64. The highest BCUT2D eigenvalue weighted by molar-refractivity contribution is 5.79. The van der Waals surface area contributed by atoms with Crippen LogP contribution in [0.3, 0.4) is 0 Å². The van der Waals surface area contributed by atoms with Crippen LogP contribution in [0.25, 0.3) is 11.1 Å². The second-order valence-corrected chi connectivity index (χ2v) is 4.12. The molecule has 0 amide bonds. The molecule has 4 heteroatoms. The van der Waals surface area contributed by atoms with E-state index in [0.717, 1.165) is 22.5 Å². The van der Waals surface area contributed by atoms with Gasteiger partial charge in [0.2, 0.25) is 0 Å². The Balaban J connectivity index is 0.000000205. The topological polar surface area (TPSA) is 77.8 Å². The summed E-state index contributed by atoms with van der Waals surface area (Å²) in [5, 5.41) is 0. The number of hydrogen-bond acceptors (Lipinski definition) is 4. The van der Waals surface area contributed by atoms with Crippen LogP contribution in [0.15, 0.2) is 73.3 Å². The van der Waals surface area contributed by atoms with Gasteiger partial charge in [-0.15, -0.1) is 0 Å². The summed E-state index contributed by atoms with van der Waals surface area (Å²) in [5.74, 6) is 0. The summed E-state index contributed by atoms with van der Waals surface area (Å²) in [7, 11) is 0. The quantitative estimate of drug-likeness (QED) is 0.662. The first-order valence-electron chi connectivity index (χ1n) is 6.18. The van der Waals surface area contributed by atoms with Crippen LogP contribution in [0.4, 0.5) is 11.4 Å². The smallest absolute Gasteiger partial charge is 0.115 e. The van der Waals surface area contributed by atoms with Crippen molar-refractivity contribution in [3.8, 4) is 11.1 Å². The predicted molar refractivity (Wildman–Crippen MR) is 82.7 cm³/mol. The molecule has 4 nitrogen and oxygen atoms in total. The zero-order valence-electron chi connectivity index (χ0n) is 11.0. The molecule has 0 unspecified atom stereocenters. The summed E-state index contributed by atoms with van der Waals surface area (Å²) < 4.78 is 0. The van der Waals surface area contributed by atoms with Crippen molar-refractivity contribution in [1.82, 2.24) is 9.97 Å². The van der Waals surface area contributed by atoms with Gasteiger partial charge in [-0.3, -0.25) is 0 Å². The maximum absolute atomic E-state index is 5.87. The van der Waals surface area contributed by atoms with Gasteiger partial charge in [0.05, 0.1) is 0 Å². The van der Waals surface area contributed by atoms with Crippen LogP contribution in [0.2, 0.25) is 0 Å². The van der Waals surface area contributed by atoms with E-state index in [0.29, 0.717) is 0 Å². The molecule has 0 saturated carbocycles. The first-order chi connectivity index (χ1) is 9.77. The van der Waals surface area contributed by atoms with Crippen molar-refractivity contribution in [2.45, 2.75) is 0 Å². The molecule has 20 heavy (non-hydrogen) atoms. The highest BCUT2D eigenvalue weighted by atomic mass is 14.8. The molecule has 0 saturated heterocycles. The van der Waals surface area contributed by atoms with Crippen LogP contribution in [0.1, 0.15) is 0 Å². The molecule has 0 radical (unpaired) electrons. The van der Waals surface area contributed by atoms with Crippen molar-refractivity contribution in [1.29, 1.82) is 0 Å². The van der Waals surface area contributed by atoms with Crippen molar-refractivity contribution in [3.05, 3.63) is 73.3 Å². The van der Waals surface area contributed by atoms with Gasteiger partial charge in [0, 0.05) is 29.3 Å². The van der Waals surface area contributed by atoms with E-state index >= 15 is 0 Å². The average Bonchev–Trinajstić information content (AvgIpc) is 2.53. The third kappa shape index (κ3) is 3.81. The van der Waals surface area contributed by atoms with Crippen molar-refractivity contribution in [3.63, 3.8) is 0 Å². The van der Waals surface area contributed by atoms with Crippen LogP contribution in [0.5, 0.6) is 0 Å². The van der Waals surface area contributed by atoms with E-state index in [1.54, 1.807) is 18.5 Å². The summed E-state index contributed by atoms with van der Waals surface area (Å²) in [4.78, 5) is 7.35. The molecule has 0 bridgehead atoms. The molecule has 0 aliphatic heterocycles. The Kier molecular flexibility index (Phi) is 4.67. The second kappa shape index (κ2) is 6.89. The maximum atomic E-state index is 5.87. The number of benzene rings is 2. The largest absolute Gasteiger partial charge is 0.399 e. The fraction of sp³-hybridized carbons (Fsp3) is 0. The molecule has 3 aromatic rings. The molecular formula is C16H16N4. The Hall–Kier alpha value is -2.88. The highest BCUT2D eigenvalue weighted by Gasteiger charge is 2.01. The van der Waals surface area contributed by atoms with E-state index < -0.39 is 0 Å². The van der Waals surface area contributed by atoms with E-state index in [4.69, 9.17) is 11.5 Å². The van der Waals surface area contributed by atoms with Gasteiger partial charge < -0.3 is 11.5 Å². The van der Waals surface area contributed by atoms with Crippen LogP contribution in [-0.4, -0.2) is 9.97 Å². The lowest BCUT2D eigenvalue weighted by Crippen LogP contribution is -1.92. The number of nitrogen functional groups attached to an aromatic ring is 2. The van der Waals surface area contributed by atoms with Crippen LogP contribution in [0, 0.1) is 0 Å². The first kappa shape index (κ1) is 13.5. The van der Waals surface area contributed by atoms with E-state index in [-0.39, 0.29) is 0 Å². The molecule has 2 aromatic carbocycles. The van der Waals surface area contributed by atoms with Crippen molar-refractivity contribution < 1.29 is 0 Å². The Bertz CT molecular complexity index is 612. The summed E-state index contributed by atoms with van der Waals surface area (Å²) in [6, 6.07) is 17.3. The normalized spacial score (nSPS) is 9.40. The molecule has 0 aliphatic rings. The lowest BCUT2D eigenvalue weighted by molar-refractivity contribution is 1.17. The van der Waals surface area contributed by atoms with Crippen molar-refractivity contribution in [2.24, 2.45) is 0 Å². The van der Waals surface area contributed by atoms with Gasteiger partial charge in [-0.05, 0) is 29.8 Å². The Morgan fingerprint density at radius 3 is 2.00 bits per heavy atom. The molecule has 1 aromatic heterocycles. The molecule has 0 fully saturated rings. The second-order valence-electron chi connectivity index (χ2n) is 4.12. The number of hydrogen-bond donors (Lipinski definition) is 2. The van der Waals surface area contributed by atoms with Crippen molar-refractivity contribution >= 4 is 11.4 Å². The molecular weight excluding hydrogens is 248 g/mol. The summed E-state index contributed by atoms with van der Waals surface area (Å²) in [6.07, 6.45) is 4.88. The minimum absolute atomic E-state index is 0.734. The fourth-order valence-corrected chi connectivity index (χ4v) is 1.69. The number of aromatic nitrogens is 2. The molecule has 100 valence electrons. The van der Waals surface area contributed by atoms with Gasteiger partial charge in [-0.1, -0.05) is 30.3 Å². The van der Waals surface area contributed by atoms with Gasteiger partial charge in [0.1, 0.15) is 6.33 Å². The average molecular weight is 264 g/mol. The maximum Gasteiger partial charge on any atom is 0.115 e. The Labute approximate surface area is 118 Å². The van der Waals surface area contributed by atoms with E-state index in [2.05, 4.69) is 9.97 Å². The lowest BCUT2D eigenvalue weighted by atomic mass is 10.0. The van der Waals surface area contributed by atoms with E-state index in [9.17, 15) is 0 Å². The van der Waals surface area contributed by atoms with Gasteiger partial charge in [-0.25, -0.2) is 9.97 Å². The standard InChI is InChI=1S/C12H12N2.C4H4N2/c13-10-6-7-12(14)11(8-10)9-4-2-1-3-5-9;1-2-5-4-6-3-1/h1-8H,13-14H2;1-4H.